The fraction of sp³-hybridized carbons (Fsp3) is 0.700. The number of fused-ring (bicyclic) bond motifs is 1. The largest absolute Gasteiger partial charge is 0.633 e. The van der Waals surface area contributed by atoms with Gasteiger partial charge in [0, 0.05) is 0 Å². The van der Waals surface area contributed by atoms with Gasteiger partial charge in [-0.05, 0) is 12.0 Å². The first-order chi connectivity index (χ1) is 6.48. The van der Waals surface area contributed by atoms with Crippen molar-refractivity contribution in [2.45, 2.75) is 32.9 Å². The molecule has 1 aliphatic heterocycles. The second kappa shape index (κ2) is 3.07. The molecule has 0 aromatic carbocycles. The molecule has 0 bridgehead atoms. The molecule has 2 rings (SSSR count). The lowest BCUT2D eigenvalue weighted by molar-refractivity contribution is -0.878. The highest BCUT2D eigenvalue weighted by molar-refractivity contribution is 5.13. The van der Waals surface area contributed by atoms with Gasteiger partial charge in [-0.15, -0.1) is 0 Å². The fourth-order valence-electron chi connectivity index (χ4n) is 1.81. The highest BCUT2D eigenvalue weighted by Gasteiger charge is 2.23. The number of quaternary nitrogens is 1. The van der Waals surface area contributed by atoms with E-state index in [4.69, 9.17) is 0 Å². The molecule has 14 heavy (non-hydrogen) atoms. The van der Waals surface area contributed by atoms with Crippen molar-refractivity contribution in [1.29, 1.82) is 0 Å². The van der Waals surface area contributed by atoms with Crippen LogP contribution in [0.25, 0.3) is 0 Å². The lowest BCUT2D eigenvalue weighted by Gasteiger charge is -2.41. The molecule has 1 aliphatic rings. The fourth-order valence-corrected chi connectivity index (χ4v) is 1.81. The van der Waals surface area contributed by atoms with Crippen molar-refractivity contribution in [1.82, 2.24) is 9.78 Å². The number of hydrogen-bond acceptors (Lipinski definition) is 2. The molecule has 0 radical (unpaired) electrons. The van der Waals surface area contributed by atoms with Crippen LogP contribution in [0.15, 0.2) is 6.07 Å². The van der Waals surface area contributed by atoms with E-state index in [1.165, 1.54) is 0 Å². The van der Waals surface area contributed by atoms with Crippen LogP contribution >= 0.6 is 0 Å². The van der Waals surface area contributed by atoms with Crippen LogP contribution in [-0.2, 0) is 13.1 Å². The van der Waals surface area contributed by atoms with Gasteiger partial charge in [0.2, 0.25) is 0 Å². The van der Waals surface area contributed by atoms with Gasteiger partial charge < -0.3 is 9.85 Å². The Balaban J connectivity index is 2.30. The highest BCUT2D eigenvalue weighted by Crippen LogP contribution is 2.21. The van der Waals surface area contributed by atoms with Crippen molar-refractivity contribution in [2.24, 2.45) is 0 Å². The molecule has 0 spiro atoms. The average Bonchev–Trinajstić information content (AvgIpc) is 2.45. The highest BCUT2D eigenvalue weighted by atomic mass is 16.5. The van der Waals surface area contributed by atoms with Crippen molar-refractivity contribution in [3.05, 3.63) is 22.7 Å². The summed E-state index contributed by atoms with van der Waals surface area (Å²) in [6, 6.07) is 2.07. The van der Waals surface area contributed by atoms with Gasteiger partial charge >= 0.3 is 0 Å². The Morgan fingerprint density at radius 1 is 1.57 bits per heavy atom. The summed E-state index contributed by atoms with van der Waals surface area (Å²) in [5.74, 6) is 0.443. The van der Waals surface area contributed by atoms with E-state index in [0.29, 0.717) is 19.0 Å². The van der Waals surface area contributed by atoms with Crippen LogP contribution in [0.3, 0.4) is 0 Å². The topological polar surface area (TPSA) is 40.9 Å². The van der Waals surface area contributed by atoms with E-state index in [2.05, 4.69) is 25.0 Å². The van der Waals surface area contributed by atoms with E-state index in [0.717, 1.165) is 17.9 Å². The van der Waals surface area contributed by atoms with Crippen molar-refractivity contribution in [2.75, 3.05) is 13.6 Å². The number of rotatable bonds is 1. The summed E-state index contributed by atoms with van der Waals surface area (Å²) in [4.78, 5) is 0. The Morgan fingerprint density at radius 2 is 2.29 bits per heavy atom. The molecule has 1 aromatic rings. The molecule has 1 unspecified atom stereocenters. The van der Waals surface area contributed by atoms with Gasteiger partial charge in [0.05, 0.1) is 31.5 Å². The monoisotopic (exact) mass is 195 g/mol. The Kier molecular flexibility index (Phi) is 2.12. The summed E-state index contributed by atoms with van der Waals surface area (Å²) in [6.07, 6.45) is 0. The Hall–Kier alpha value is -0.870. The predicted molar refractivity (Wildman–Crippen MR) is 54.4 cm³/mol. The van der Waals surface area contributed by atoms with Crippen LogP contribution in [0.4, 0.5) is 0 Å². The molecular weight excluding hydrogens is 178 g/mol. The number of aromatic nitrogens is 2. The summed E-state index contributed by atoms with van der Waals surface area (Å²) < 4.78 is 1.82. The van der Waals surface area contributed by atoms with Crippen LogP contribution in [0.2, 0.25) is 0 Å². The number of hydroxylamine groups is 3. The summed E-state index contributed by atoms with van der Waals surface area (Å²) in [5.41, 5.74) is 2.18. The maximum atomic E-state index is 11.8. The molecule has 0 N–H and O–H groups in total. The average molecular weight is 195 g/mol. The predicted octanol–water partition coefficient (Wildman–Crippen LogP) is 1.46. The molecule has 78 valence electrons. The Bertz CT molecular complexity index is 341. The maximum absolute atomic E-state index is 11.8. The number of nitrogens with zero attached hydrogens (tertiary/aromatic N) is 3. The van der Waals surface area contributed by atoms with Crippen molar-refractivity contribution >= 4 is 0 Å². The molecule has 0 aliphatic carbocycles. The molecule has 1 aromatic heterocycles. The SMILES string of the molecule is CC(C)c1cc2n(n1)CC[N+](C)([O-])C2. The standard InChI is InChI=1S/C10H17N3O/c1-8(2)10-6-9-7-13(3,14)5-4-12(9)11-10/h6,8H,4-5,7H2,1-3H3. The molecule has 0 fully saturated rings. The zero-order chi connectivity index (χ0) is 10.3. The van der Waals surface area contributed by atoms with E-state index in [9.17, 15) is 5.21 Å². The second-order valence-electron chi connectivity index (χ2n) is 4.62. The minimum absolute atomic E-state index is 0.163. The lowest BCUT2D eigenvalue weighted by Crippen LogP contribution is -2.44. The van der Waals surface area contributed by atoms with E-state index in [-0.39, 0.29) is 4.65 Å². The first-order valence-electron chi connectivity index (χ1n) is 5.10. The van der Waals surface area contributed by atoms with Crippen LogP contribution in [0.5, 0.6) is 0 Å². The van der Waals surface area contributed by atoms with E-state index in [1.54, 1.807) is 7.05 Å². The lowest BCUT2D eigenvalue weighted by atomic mass is 10.1. The number of likely N-dealkylation sites (N-methyl/N-ethyl adjacent to an activating group) is 1. The summed E-state index contributed by atoms with van der Waals surface area (Å²) in [6.45, 7) is 6.19. The smallest absolute Gasteiger partial charge is 0.121 e. The van der Waals surface area contributed by atoms with Crippen LogP contribution in [-0.4, -0.2) is 28.0 Å². The first-order valence-corrected chi connectivity index (χ1v) is 5.10. The van der Waals surface area contributed by atoms with Gasteiger partial charge in [-0.25, -0.2) is 0 Å². The molecule has 2 heterocycles. The molecule has 0 saturated carbocycles. The maximum Gasteiger partial charge on any atom is 0.121 e. The molecule has 0 saturated heterocycles. The van der Waals surface area contributed by atoms with Gasteiger partial charge in [0.15, 0.2) is 0 Å². The van der Waals surface area contributed by atoms with E-state index in [1.807, 2.05) is 4.68 Å². The third-order valence-corrected chi connectivity index (χ3v) is 2.76. The molecule has 4 nitrogen and oxygen atoms in total. The van der Waals surface area contributed by atoms with Crippen LogP contribution < -0.4 is 0 Å². The van der Waals surface area contributed by atoms with Gasteiger partial charge in [-0.2, -0.15) is 5.10 Å². The third kappa shape index (κ3) is 1.67. The van der Waals surface area contributed by atoms with Gasteiger partial charge in [-0.1, -0.05) is 13.8 Å². The number of hydrogen-bond donors (Lipinski definition) is 0. The van der Waals surface area contributed by atoms with Crippen LogP contribution in [0, 0.1) is 5.21 Å². The molecular formula is C10H17N3O. The van der Waals surface area contributed by atoms with Crippen molar-refractivity contribution in [3.8, 4) is 0 Å². The normalized spacial score (nSPS) is 26.6. The molecule has 4 heteroatoms. The minimum Gasteiger partial charge on any atom is -0.633 e. The summed E-state index contributed by atoms with van der Waals surface area (Å²) in [5, 5.41) is 16.2. The van der Waals surface area contributed by atoms with E-state index < -0.39 is 0 Å². The Morgan fingerprint density at radius 3 is 2.93 bits per heavy atom. The summed E-state index contributed by atoms with van der Waals surface area (Å²) in [7, 11) is 1.73. The second-order valence-corrected chi connectivity index (χ2v) is 4.62. The van der Waals surface area contributed by atoms with Crippen LogP contribution in [0.1, 0.15) is 31.2 Å². The summed E-state index contributed by atoms with van der Waals surface area (Å²) >= 11 is 0. The van der Waals surface area contributed by atoms with Gasteiger partial charge in [0.1, 0.15) is 6.54 Å². The van der Waals surface area contributed by atoms with Gasteiger partial charge in [-0.3, -0.25) is 4.68 Å². The third-order valence-electron chi connectivity index (χ3n) is 2.76. The first kappa shape index (κ1) is 9.68. The minimum atomic E-state index is -0.163. The zero-order valence-corrected chi connectivity index (χ0v) is 9.03. The zero-order valence-electron chi connectivity index (χ0n) is 9.03. The Labute approximate surface area is 84.3 Å². The van der Waals surface area contributed by atoms with E-state index >= 15 is 0 Å². The van der Waals surface area contributed by atoms with Crippen molar-refractivity contribution < 1.29 is 4.65 Å². The van der Waals surface area contributed by atoms with Gasteiger partial charge in [0.25, 0.3) is 0 Å². The quantitative estimate of drug-likeness (QED) is 0.503. The van der Waals surface area contributed by atoms with Crippen molar-refractivity contribution in [3.63, 3.8) is 0 Å². The molecule has 1 atom stereocenters. The molecule has 0 amide bonds.